The van der Waals surface area contributed by atoms with Gasteiger partial charge in [-0.25, -0.2) is 0 Å². The van der Waals surface area contributed by atoms with Crippen molar-refractivity contribution in [2.75, 3.05) is 16.8 Å². The van der Waals surface area contributed by atoms with Crippen molar-refractivity contribution >= 4 is 40.6 Å². The summed E-state index contributed by atoms with van der Waals surface area (Å²) in [6.07, 6.45) is 0. The Morgan fingerprint density at radius 3 is 2.65 bits per heavy atom. The Morgan fingerprint density at radius 2 is 1.95 bits per heavy atom. The van der Waals surface area contributed by atoms with Crippen molar-refractivity contribution in [1.82, 2.24) is 0 Å². The SMILES string of the molecule is Cc1ccc(NC(=O)CSc2cc(Cl)ccc2N)cc1. The molecular formula is C15H15ClN2OS. The number of carbonyl (C=O) groups is 1. The second-order valence-electron chi connectivity index (χ2n) is 4.39. The Balaban J connectivity index is 1.92. The number of nitrogen functional groups attached to an aromatic ring is 1. The zero-order chi connectivity index (χ0) is 14.5. The maximum absolute atomic E-state index is 11.9. The minimum absolute atomic E-state index is 0.0711. The van der Waals surface area contributed by atoms with Gasteiger partial charge in [0.15, 0.2) is 0 Å². The predicted molar refractivity (Wildman–Crippen MR) is 86.4 cm³/mol. The van der Waals surface area contributed by atoms with Gasteiger partial charge in [0.2, 0.25) is 5.91 Å². The van der Waals surface area contributed by atoms with Crippen molar-refractivity contribution in [2.45, 2.75) is 11.8 Å². The van der Waals surface area contributed by atoms with Gasteiger partial charge in [-0.3, -0.25) is 4.79 Å². The molecule has 20 heavy (non-hydrogen) atoms. The van der Waals surface area contributed by atoms with Gasteiger partial charge in [0.25, 0.3) is 0 Å². The highest BCUT2D eigenvalue weighted by Gasteiger charge is 2.06. The minimum Gasteiger partial charge on any atom is -0.398 e. The van der Waals surface area contributed by atoms with Crippen molar-refractivity contribution < 1.29 is 4.79 Å². The van der Waals surface area contributed by atoms with E-state index in [2.05, 4.69) is 5.32 Å². The molecule has 2 aromatic carbocycles. The first-order chi connectivity index (χ1) is 9.54. The Hall–Kier alpha value is -1.65. The van der Waals surface area contributed by atoms with Gasteiger partial charge in [0.1, 0.15) is 0 Å². The van der Waals surface area contributed by atoms with Gasteiger partial charge in [0, 0.05) is 21.3 Å². The second kappa shape index (κ2) is 6.68. The molecule has 0 spiro atoms. The molecule has 1 amide bonds. The third-order valence-electron chi connectivity index (χ3n) is 2.67. The summed E-state index contributed by atoms with van der Waals surface area (Å²) in [7, 11) is 0. The van der Waals surface area contributed by atoms with Crippen LogP contribution in [0, 0.1) is 6.92 Å². The van der Waals surface area contributed by atoms with Gasteiger partial charge in [-0.2, -0.15) is 0 Å². The second-order valence-corrected chi connectivity index (χ2v) is 5.84. The zero-order valence-corrected chi connectivity index (χ0v) is 12.6. The van der Waals surface area contributed by atoms with E-state index in [4.69, 9.17) is 17.3 Å². The van der Waals surface area contributed by atoms with Crippen molar-refractivity contribution in [2.24, 2.45) is 0 Å². The van der Waals surface area contributed by atoms with E-state index in [1.54, 1.807) is 18.2 Å². The largest absolute Gasteiger partial charge is 0.398 e. The average molecular weight is 307 g/mol. The first-order valence-electron chi connectivity index (χ1n) is 6.09. The third kappa shape index (κ3) is 4.18. The van der Waals surface area contributed by atoms with E-state index >= 15 is 0 Å². The summed E-state index contributed by atoms with van der Waals surface area (Å²) >= 11 is 7.28. The molecule has 2 aromatic rings. The summed E-state index contributed by atoms with van der Waals surface area (Å²) in [5, 5.41) is 3.45. The molecule has 0 aliphatic heterocycles. The van der Waals surface area contributed by atoms with Crippen LogP contribution in [0.3, 0.4) is 0 Å². The summed E-state index contributed by atoms with van der Waals surface area (Å²) in [6, 6.07) is 12.9. The number of halogens is 1. The molecule has 2 rings (SSSR count). The maximum Gasteiger partial charge on any atom is 0.234 e. The lowest BCUT2D eigenvalue weighted by atomic mass is 10.2. The van der Waals surface area contributed by atoms with Crippen molar-refractivity contribution in [1.29, 1.82) is 0 Å². The van der Waals surface area contributed by atoms with Crippen LogP contribution in [0.5, 0.6) is 0 Å². The van der Waals surface area contributed by atoms with Crippen LogP contribution in [0.4, 0.5) is 11.4 Å². The Kier molecular flexibility index (Phi) is 4.93. The smallest absolute Gasteiger partial charge is 0.234 e. The Labute approximate surface area is 127 Å². The van der Waals surface area contributed by atoms with Crippen molar-refractivity contribution in [3.8, 4) is 0 Å². The van der Waals surface area contributed by atoms with Crippen molar-refractivity contribution in [3.63, 3.8) is 0 Å². The van der Waals surface area contributed by atoms with Crippen LogP contribution in [0.25, 0.3) is 0 Å². The number of nitrogens with one attached hydrogen (secondary N) is 1. The lowest BCUT2D eigenvalue weighted by Gasteiger charge is -2.07. The Morgan fingerprint density at radius 1 is 1.25 bits per heavy atom. The molecule has 0 aliphatic carbocycles. The van der Waals surface area contributed by atoms with Crippen molar-refractivity contribution in [3.05, 3.63) is 53.1 Å². The number of hydrogen-bond donors (Lipinski definition) is 2. The number of anilines is 2. The molecule has 0 heterocycles. The molecule has 104 valence electrons. The fourth-order valence-corrected chi connectivity index (χ4v) is 2.65. The lowest BCUT2D eigenvalue weighted by Crippen LogP contribution is -2.14. The summed E-state index contributed by atoms with van der Waals surface area (Å²) in [5.74, 6) is 0.219. The quantitative estimate of drug-likeness (QED) is 0.664. The first kappa shape index (κ1) is 14.8. The normalized spacial score (nSPS) is 10.3. The number of carbonyl (C=O) groups excluding carboxylic acids is 1. The number of rotatable bonds is 4. The molecule has 0 aliphatic rings. The summed E-state index contributed by atoms with van der Waals surface area (Å²) in [6.45, 7) is 2.00. The minimum atomic E-state index is -0.0711. The molecule has 3 nitrogen and oxygen atoms in total. The van der Waals surface area contributed by atoms with Gasteiger partial charge >= 0.3 is 0 Å². The van der Waals surface area contributed by atoms with Gasteiger partial charge in [-0.05, 0) is 37.3 Å². The average Bonchev–Trinajstić information content (AvgIpc) is 2.42. The predicted octanol–water partition coefficient (Wildman–Crippen LogP) is 3.96. The highest BCUT2D eigenvalue weighted by molar-refractivity contribution is 8.00. The number of aryl methyl sites for hydroxylation is 1. The van der Waals surface area contributed by atoms with E-state index in [-0.39, 0.29) is 5.91 Å². The molecule has 0 radical (unpaired) electrons. The van der Waals surface area contributed by atoms with E-state index in [9.17, 15) is 4.79 Å². The monoisotopic (exact) mass is 306 g/mol. The van der Waals surface area contributed by atoms with Crippen LogP contribution in [0.2, 0.25) is 5.02 Å². The van der Waals surface area contributed by atoms with Crippen LogP contribution < -0.4 is 11.1 Å². The summed E-state index contributed by atoms with van der Waals surface area (Å²) in [4.78, 5) is 12.7. The van der Waals surface area contributed by atoms with Crippen LogP contribution in [0.15, 0.2) is 47.4 Å². The topological polar surface area (TPSA) is 55.1 Å². The number of thioether (sulfide) groups is 1. The third-order valence-corrected chi connectivity index (χ3v) is 3.98. The molecule has 0 bridgehead atoms. The molecule has 0 atom stereocenters. The first-order valence-corrected chi connectivity index (χ1v) is 7.45. The van der Waals surface area contributed by atoms with E-state index < -0.39 is 0 Å². The molecule has 0 unspecified atom stereocenters. The van der Waals surface area contributed by atoms with E-state index in [0.717, 1.165) is 16.1 Å². The fourth-order valence-electron chi connectivity index (χ4n) is 1.61. The number of benzene rings is 2. The summed E-state index contributed by atoms with van der Waals surface area (Å²) < 4.78 is 0. The number of nitrogens with two attached hydrogens (primary N) is 1. The Bertz CT molecular complexity index is 614. The van der Waals surface area contributed by atoms with Gasteiger partial charge < -0.3 is 11.1 Å². The van der Waals surface area contributed by atoms with Crippen LogP contribution in [0.1, 0.15) is 5.56 Å². The van der Waals surface area contributed by atoms with E-state index in [1.807, 2.05) is 31.2 Å². The maximum atomic E-state index is 11.9. The van der Waals surface area contributed by atoms with E-state index in [1.165, 1.54) is 11.8 Å². The fraction of sp³-hybridized carbons (Fsp3) is 0.133. The molecule has 0 fully saturated rings. The molecule has 3 N–H and O–H groups in total. The molecule has 0 aromatic heterocycles. The van der Waals surface area contributed by atoms with Crippen LogP contribution in [-0.2, 0) is 4.79 Å². The standard InChI is InChI=1S/C15H15ClN2OS/c1-10-2-5-12(6-3-10)18-15(19)9-20-14-8-11(16)4-7-13(14)17/h2-8H,9,17H2,1H3,(H,18,19). The molecule has 5 heteroatoms. The molecule has 0 saturated heterocycles. The van der Waals surface area contributed by atoms with Crippen LogP contribution in [-0.4, -0.2) is 11.7 Å². The van der Waals surface area contributed by atoms with Gasteiger partial charge in [0.05, 0.1) is 5.75 Å². The highest BCUT2D eigenvalue weighted by Crippen LogP contribution is 2.28. The highest BCUT2D eigenvalue weighted by atomic mass is 35.5. The number of amides is 1. The van der Waals surface area contributed by atoms with E-state index in [0.29, 0.717) is 16.5 Å². The molecular weight excluding hydrogens is 292 g/mol. The lowest BCUT2D eigenvalue weighted by molar-refractivity contribution is -0.113. The number of hydrogen-bond acceptors (Lipinski definition) is 3. The van der Waals surface area contributed by atoms with Crippen LogP contribution >= 0.6 is 23.4 Å². The van der Waals surface area contributed by atoms with Gasteiger partial charge in [-0.1, -0.05) is 29.3 Å². The summed E-state index contributed by atoms with van der Waals surface area (Å²) in [5.41, 5.74) is 8.41. The molecule has 0 saturated carbocycles. The van der Waals surface area contributed by atoms with Gasteiger partial charge in [-0.15, -0.1) is 11.8 Å². The zero-order valence-electron chi connectivity index (χ0n) is 11.0.